The van der Waals surface area contributed by atoms with Crippen LogP contribution in [0.4, 0.5) is 9.80 Å². The van der Waals surface area contributed by atoms with E-state index in [4.69, 9.17) is 0 Å². The zero-order valence-electron chi connectivity index (χ0n) is 6.96. The number of carbonyl (C=O) groups excluding carboxylic acids is 1. The van der Waals surface area contributed by atoms with Gasteiger partial charge >= 0.3 is 6.03 Å². The van der Waals surface area contributed by atoms with Crippen molar-refractivity contribution in [3.05, 3.63) is 17.5 Å². The van der Waals surface area contributed by atoms with Gasteiger partial charge in [-0.15, -0.1) is 11.3 Å². The predicted octanol–water partition coefficient (Wildman–Crippen LogP) is 2.28. The van der Waals surface area contributed by atoms with Gasteiger partial charge < -0.3 is 5.32 Å². The van der Waals surface area contributed by atoms with Crippen LogP contribution in [-0.2, 0) is 0 Å². The van der Waals surface area contributed by atoms with Crippen molar-refractivity contribution in [2.24, 2.45) is 0 Å². The molecule has 0 spiro atoms. The fraction of sp³-hybridized carbons (Fsp3) is 0.375. The van der Waals surface area contributed by atoms with Crippen molar-refractivity contribution >= 4 is 22.4 Å². The normalized spacial score (nSPS) is 9.42. The Balaban J connectivity index is 2.27. The summed E-state index contributed by atoms with van der Waals surface area (Å²) in [6.45, 7) is 2.74. The lowest BCUT2D eigenvalue weighted by atomic mass is 10.5. The third-order valence-electron chi connectivity index (χ3n) is 1.29. The first kappa shape index (κ1) is 9.06. The van der Waals surface area contributed by atoms with Crippen molar-refractivity contribution in [1.82, 2.24) is 5.32 Å². The van der Waals surface area contributed by atoms with E-state index in [0.717, 1.165) is 18.0 Å². The summed E-state index contributed by atoms with van der Waals surface area (Å²) < 4.78 is 0. The molecule has 0 bridgehead atoms. The minimum atomic E-state index is -0.126. The number of nitrogens with one attached hydrogen (secondary N) is 2. The Morgan fingerprint density at radius 3 is 3.08 bits per heavy atom. The monoisotopic (exact) mass is 184 g/mol. The van der Waals surface area contributed by atoms with E-state index in [1.54, 1.807) is 0 Å². The molecule has 0 radical (unpaired) electrons. The molecule has 2 amide bonds. The highest BCUT2D eigenvalue weighted by Gasteiger charge is 1.98. The van der Waals surface area contributed by atoms with Gasteiger partial charge in [0.2, 0.25) is 0 Å². The molecule has 0 atom stereocenters. The highest BCUT2D eigenvalue weighted by atomic mass is 32.1. The van der Waals surface area contributed by atoms with E-state index in [0.29, 0.717) is 0 Å². The number of amides is 2. The summed E-state index contributed by atoms with van der Waals surface area (Å²) in [5.41, 5.74) is 0. The van der Waals surface area contributed by atoms with Gasteiger partial charge in [-0.05, 0) is 23.9 Å². The second-order valence-corrected chi connectivity index (χ2v) is 3.31. The topological polar surface area (TPSA) is 41.1 Å². The Labute approximate surface area is 75.8 Å². The van der Waals surface area contributed by atoms with E-state index in [-0.39, 0.29) is 6.03 Å². The van der Waals surface area contributed by atoms with E-state index >= 15 is 0 Å². The van der Waals surface area contributed by atoms with Crippen molar-refractivity contribution in [1.29, 1.82) is 0 Å². The molecular formula is C8H12N2OS. The summed E-state index contributed by atoms with van der Waals surface area (Å²) in [5, 5.41) is 8.26. The van der Waals surface area contributed by atoms with Crippen molar-refractivity contribution in [2.75, 3.05) is 11.9 Å². The number of thiophene rings is 1. The number of urea groups is 1. The van der Waals surface area contributed by atoms with Crippen molar-refractivity contribution in [3.8, 4) is 0 Å². The molecule has 2 N–H and O–H groups in total. The fourth-order valence-electron chi connectivity index (χ4n) is 0.744. The molecule has 0 saturated carbocycles. The van der Waals surface area contributed by atoms with Crippen LogP contribution in [0.2, 0.25) is 0 Å². The summed E-state index contributed by atoms with van der Waals surface area (Å²) in [6.07, 6.45) is 0.956. The van der Waals surface area contributed by atoms with Crippen LogP contribution in [0, 0.1) is 0 Å². The number of hydrogen-bond donors (Lipinski definition) is 2. The van der Waals surface area contributed by atoms with Gasteiger partial charge in [0, 0.05) is 6.54 Å². The van der Waals surface area contributed by atoms with Gasteiger partial charge in [-0.2, -0.15) is 0 Å². The van der Waals surface area contributed by atoms with Crippen LogP contribution in [0.3, 0.4) is 0 Å². The van der Waals surface area contributed by atoms with Gasteiger partial charge in [0.1, 0.15) is 0 Å². The minimum Gasteiger partial charge on any atom is -0.338 e. The number of rotatable bonds is 3. The summed E-state index contributed by atoms with van der Waals surface area (Å²) in [4.78, 5) is 11.1. The number of anilines is 1. The Bertz CT molecular complexity index is 233. The minimum absolute atomic E-state index is 0.126. The Morgan fingerprint density at radius 1 is 1.67 bits per heavy atom. The van der Waals surface area contributed by atoms with Crippen LogP contribution in [0.15, 0.2) is 17.5 Å². The second kappa shape index (κ2) is 4.77. The van der Waals surface area contributed by atoms with Crippen molar-refractivity contribution < 1.29 is 4.79 Å². The van der Waals surface area contributed by atoms with Crippen LogP contribution >= 0.6 is 11.3 Å². The van der Waals surface area contributed by atoms with E-state index in [1.165, 1.54) is 11.3 Å². The molecule has 1 heterocycles. The lowest BCUT2D eigenvalue weighted by Crippen LogP contribution is -2.28. The first-order chi connectivity index (χ1) is 5.83. The molecule has 0 aliphatic rings. The average Bonchev–Trinajstić information content (AvgIpc) is 2.53. The lowest BCUT2D eigenvalue weighted by molar-refractivity contribution is 0.252. The third kappa shape index (κ3) is 2.92. The summed E-state index contributed by atoms with van der Waals surface area (Å²) in [5.74, 6) is 0. The SMILES string of the molecule is CCCNC(=O)Nc1cccs1. The van der Waals surface area contributed by atoms with Crippen molar-refractivity contribution in [2.45, 2.75) is 13.3 Å². The molecule has 1 rings (SSSR count). The molecule has 12 heavy (non-hydrogen) atoms. The van der Waals surface area contributed by atoms with Crippen molar-refractivity contribution in [3.63, 3.8) is 0 Å². The molecule has 0 aliphatic carbocycles. The Kier molecular flexibility index (Phi) is 3.60. The molecule has 1 aromatic rings. The van der Waals surface area contributed by atoms with E-state index in [1.807, 2.05) is 24.4 Å². The average molecular weight is 184 g/mol. The summed E-state index contributed by atoms with van der Waals surface area (Å²) >= 11 is 1.51. The second-order valence-electron chi connectivity index (χ2n) is 2.36. The quantitative estimate of drug-likeness (QED) is 0.743. The van der Waals surface area contributed by atoms with Crippen LogP contribution < -0.4 is 10.6 Å². The van der Waals surface area contributed by atoms with Gasteiger partial charge in [0.15, 0.2) is 0 Å². The van der Waals surface area contributed by atoms with E-state index in [9.17, 15) is 4.79 Å². The van der Waals surface area contributed by atoms with Gasteiger partial charge in [-0.3, -0.25) is 5.32 Å². The number of carbonyl (C=O) groups is 1. The maximum atomic E-state index is 11.1. The maximum absolute atomic E-state index is 11.1. The molecule has 0 fully saturated rings. The largest absolute Gasteiger partial charge is 0.338 e. The molecule has 4 heteroatoms. The molecule has 0 unspecified atom stereocenters. The fourth-order valence-corrected chi connectivity index (χ4v) is 1.36. The summed E-state index contributed by atoms with van der Waals surface area (Å²) in [7, 11) is 0. The zero-order chi connectivity index (χ0) is 8.81. The van der Waals surface area contributed by atoms with Crippen LogP contribution in [0.25, 0.3) is 0 Å². The van der Waals surface area contributed by atoms with Gasteiger partial charge in [0.05, 0.1) is 5.00 Å². The first-order valence-electron chi connectivity index (χ1n) is 3.91. The van der Waals surface area contributed by atoms with Crippen LogP contribution in [0.5, 0.6) is 0 Å². The zero-order valence-corrected chi connectivity index (χ0v) is 7.78. The first-order valence-corrected chi connectivity index (χ1v) is 4.79. The standard InChI is InChI=1S/C8H12N2OS/c1-2-5-9-8(11)10-7-4-3-6-12-7/h3-4,6H,2,5H2,1H3,(H2,9,10,11). The molecule has 0 saturated heterocycles. The number of hydrogen-bond acceptors (Lipinski definition) is 2. The third-order valence-corrected chi connectivity index (χ3v) is 2.08. The van der Waals surface area contributed by atoms with Gasteiger partial charge in [-0.1, -0.05) is 6.92 Å². The Hall–Kier alpha value is -1.03. The van der Waals surface area contributed by atoms with E-state index < -0.39 is 0 Å². The molecule has 3 nitrogen and oxygen atoms in total. The molecule has 66 valence electrons. The molecule has 0 aliphatic heterocycles. The Morgan fingerprint density at radius 2 is 2.50 bits per heavy atom. The predicted molar refractivity (Wildman–Crippen MR) is 51.6 cm³/mol. The molecular weight excluding hydrogens is 172 g/mol. The highest BCUT2D eigenvalue weighted by molar-refractivity contribution is 7.14. The highest BCUT2D eigenvalue weighted by Crippen LogP contribution is 2.14. The van der Waals surface area contributed by atoms with Gasteiger partial charge in [0.25, 0.3) is 0 Å². The smallest absolute Gasteiger partial charge is 0.319 e. The van der Waals surface area contributed by atoms with Gasteiger partial charge in [-0.25, -0.2) is 4.79 Å². The molecule has 1 aromatic heterocycles. The summed E-state index contributed by atoms with van der Waals surface area (Å²) in [6, 6.07) is 3.65. The lowest BCUT2D eigenvalue weighted by Gasteiger charge is -2.02. The van der Waals surface area contributed by atoms with Crippen LogP contribution in [0.1, 0.15) is 13.3 Å². The maximum Gasteiger partial charge on any atom is 0.319 e. The molecule has 0 aromatic carbocycles. The van der Waals surface area contributed by atoms with E-state index in [2.05, 4.69) is 10.6 Å². The van der Waals surface area contributed by atoms with Crippen LogP contribution in [-0.4, -0.2) is 12.6 Å².